The van der Waals surface area contributed by atoms with Crippen molar-refractivity contribution in [2.45, 2.75) is 39.3 Å². The standard InChI is InChI=1S/C29H31N3O7/c1-16(2)26(27(35)25-17(3)28(36)32-29(25)37)31-24(34)14-20(19-7-5-4-6-8-19)30-23(33)12-10-18-9-11-21-22(13-18)39-15-38-21/h4-13,16-17,20,25-26H,14-15H2,1-3H3,(H,30,33)(H,31,34)(H,32,36,37)/b12-10+/t17-,20-,25+,26-/m0/s1. The molecule has 2 aliphatic heterocycles. The van der Waals surface area contributed by atoms with Crippen molar-refractivity contribution in [2.24, 2.45) is 17.8 Å². The lowest BCUT2D eigenvalue weighted by Crippen LogP contribution is -2.49. The molecule has 1 fully saturated rings. The first-order chi connectivity index (χ1) is 18.6. The van der Waals surface area contributed by atoms with E-state index < -0.39 is 53.3 Å². The number of hydrogen-bond donors (Lipinski definition) is 3. The summed E-state index contributed by atoms with van der Waals surface area (Å²) in [6, 6.07) is 12.7. The number of carbonyl (C=O) groups is 5. The second-order valence-corrected chi connectivity index (χ2v) is 9.93. The molecule has 4 rings (SSSR count). The Morgan fingerprint density at radius 2 is 1.72 bits per heavy atom. The third kappa shape index (κ3) is 6.51. The van der Waals surface area contributed by atoms with Gasteiger partial charge in [0.2, 0.25) is 30.4 Å². The summed E-state index contributed by atoms with van der Waals surface area (Å²) >= 11 is 0. The van der Waals surface area contributed by atoms with E-state index in [1.165, 1.54) is 13.0 Å². The number of carbonyl (C=O) groups excluding carboxylic acids is 5. The third-order valence-electron chi connectivity index (χ3n) is 6.77. The zero-order chi connectivity index (χ0) is 28.1. The molecule has 1 saturated heterocycles. The van der Waals surface area contributed by atoms with Crippen LogP contribution < -0.4 is 25.4 Å². The van der Waals surface area contributed by atoms with Gasteiger partial charge in [0.15, 0.2) is 17.3 Å². The molecule has 39 heavy (non-hydrogen) atoms. The van der Waals surface area contributed by atoms with Crippen LogP contribution in [0.1, 0.15) is 44.4 Å². The highest BCUT2D eigenvalue weighted by Crippen LogP contribution is 2.32. The number of amides is 4. The van der Waals surface area contributed by atoms with Gasteiger partial charge in [-0.1, -0.05) is 57.2 Å². The molecule has 0 saturated carbocycles. The number of ether oxygens (including phenoxy) is 2. The Morgan fingerprint density at radius 3 is 2.38 bits per heavy atom. The van der Waals surface area contributed by atoms with E-state index in [1.54, 1.807) is 62.4 Å². The monoisotopic (exact) mass is 533 g/mol. The van der Waals surface area contributed by atoms with E-state index in [-0.39, 0.29) is 19.1 Å². The van der Waals surface area contributed by atoms with Gasteiger partial charge >= 0.3 is 0 Å². The molecule has 0 aromatic heterocycles. The van der Waals surface area contributed by atoms with Gasteiger partial charge in [-0.15, -0.1) is 0 Å². The normalized spacial score (nSPS) is 19.6. The minimum atomic E-state index is -1.16. The molecule has 3 N–H and O–H groups in total. The fraction of sp³-hybridized carbons (Fsp3) is 0.345. The Balaban J connectivity index is 1.44. The van der Waals surface area contributed by atoms with Gasteiger partial charge in [0.1, 0.15) is 5.92 Å². The van der Waals surface area contributed by atoms with E-state index in [0.29, 0.717) is 17.1 Å². The molecule has 4 atom stereocenters. The van der Waals surface area contributed by atoms with Crippen molar-refractivity contribution in [1.29, 1.82) is 0 Å². The van der Waals surface area contributed by atoms with E-state index in [4.69, 9.17) is 9.47 Å². The smallest absolute Gasteiger partial charge is 0.244 e. The van der Waals surface area contributed by atoms with Crippen LogP contribution in [0.4, 0.5) is 0 Å². The minimum absolute atomic E-state index is 0.143. The predicted molar refractivity (Wildman–Crippen MR) is 141 cm³/mol. The van der Waals surface area contributed by atoms with Crippen LogP contribution in [0.5, 0.6) is 11.5 Å². The molecule has 2 heterocycles. The number of hydrogen-bond acceptors (Lipinski definition) is 7. The largest absolute Gasteiger partial charge is 0.454 e. The van der Waals surface area contributed by atoms with Gasteiger partial charge < -0.3 is 20.1 Å². The van der Waals surface area contributed by atoms with E-state index in [2.05, 4.69) is 16.0 Å². The highest BCUT2D eigenvalue weighted by molar-refractivity contribution is 6.16. The molecule has 0 aliphatic carbocycles. The van der Waals surface area contributed by atoms with Crippen molar-refractivity contribution in [1.82, 2.24) is 16.0 Å². The molecule has 0 bridgehead atoms. The first-order valence-electron chi connectivity index (χ1n) is 12.7. The Hall–Kier alpha value is -4.47. The van der Waals surface area contributed by atoms with Crippen LogP contribution in [0.25, 0.3) is 6.08 Å². The third-order valence-corrected chi connectivity index (χ3v) is 6.77. The topological polar surface area (TPSA) is 140 Å². The molecule has 0 unspecified atom stereocenters. The summed E-state index contributed by atoms with van der Waals surface area (Å²) in [6.45, 7) is 5.16. The van der Waals surface area contributed by atoms with Crippen LogP contribution in [0.15, 0.2) is 54.6 Å². The maximum absolute atomic E-state index is 13.2. The second kappa shape index (κ2) is 11.9. The first kappa shape index (κ1) is 27.6. The van der Waals surface area contributed by atoms with Crippen LogP contribution >= 0.6 is 0 Å². The Labute approximate surface area is 226 Å². The summed E-state index contributed by atoms with van der Waals surface area (Å²) in [5.41, 5.74) is 1.45. The van der Waals surface area contributed by atoms with Gasteiger partial charge in [0, 0.05) is 6.08 Å². The molecule has 0 radical (unpaired) electrons. The SMILES string of the molecule is CC(C)[C@H](NC(=O)C[C@H](NC(=O)/C=C/c1ccc2c(c1)OCO2)c1ccccc1)C(=O)[C@@H]1C(=O)NC(=O)[C@H]1C. The first-order valence-corrected chi connectivity index (χ1v) is 12.7. The van der Waals surface area contributed by atoms with Crippen molar-refractivity contribution in [3.63, 3.8) is 0 Å². The van der Waals surface area contributed by atoms with Crippen LogP contribution in [0, 0.1) is 17.8 Å². The van der Waals surface area contributed by atoms with Crippen LogP contribution in [0.2, 0.25) is 0 Å². The molecular formula is C29H31N3O7. The van der Waals surface area contributed by atoms with E-state index in [1.807, 2.05) is 6.07 Å². The number of rotatable bonds is 10. The second-order valence-electron chi connectivity index (χ2n) is 9.93. The number of Topliss-reactive ketones (excluding diaryl/α,β-unsaturated/α-hetero) is 1. The molecule has 10 nitrogen and oxygen atoms in total. The summed E-state index contributed by atoms with van der Waals surface area (Å²) < 4.78 is 10.7. The molecule has 0 spiro atoms. The summed E-state index contributed by atoms with van der Waals surface area (Å²) in [6.07, 6.45) is 2.85. The number of nitrogens with one attached hydrogen (secondary N) is 3. The Bertz CT molecular complexity index is 1310. The average Bonchev–Trinajstić information content (AvgIpc) is 3.48. The van der Waals surface area contributed by atoms with Crippen LogP contribution in [-0.2, 0) is 24.0 Å². The van der Waals surface area contributed by atoms with Gasteiger partial charge in [-0.25, -0.2) is 0 Å². The Kier molecular flexibility index (Phi) is 8.43. The molecule has 2 aromatic rings. The highest BCUT2D eigenvalue weighted by atomic mass is 16.7. The van der Waals surface area contributed by atoms with Crippen molar-refractivity contribution in [3.05, 3.63) is 65.7 Å². The molecule has 10 heteroatoms. The van der Waals surface area contributed by atoms with Gasteiger partial charge in [-0.3, -0.25) is 29.3 Å². The summed E-state index contributed by atoms with van der Waals surface area (Å²) in [5.74, 6) is -3.62. The van der Waals surface area contributed by atoms with Gasteiger partial charge in [0.05, 0.1) is 24.4 Å². The van der Waals surface area contributed by atoms with E-state index >= 15 is 0 Å². The molecule has 2 aromatic carbocycles. The number of benzene rings is 2. The zero-order valence-electron chi connectivity index (χ0n) is 21.9. The predicted octanol–water partition coefficient (Wildman–Crippen LogP) is 2.29. The quantitative estimate of drug-likeness (QED) is 0.242. The van der Waals surface area contributed by atoms with Crippen LogP contribution in [0.3, 0.4) is 0 Å². The van der Waals surface area contributed by atoms with Gasteiger partial charge in [-0.05, 0) is 35.3 Å². The lowest BCUT2D eigenvalue weighted by molar-refractivity contribution is -0.137. The van der Waals surface area contributed by atoms with Gasteiger partial charge in [-0.2, -0.15) is 0 Å². The highest BCUT2D eigenvalue weighted by Gasteiger charge is 2.46. The number of fused-ring (bicyclic) bond motifs is 1. The Morgan fingerprint density at radius 1 is 1.00 bits per heavy atom. The summed E-state index contributed by atoms with van der Waals surface area (Å²) in [7, 11) is 0. The fourth-order valence-corrected chi connectivity index (χ4v) is 4.59. The van der Waals surface area contributed by atoms with Crippen molar-refractivity contribution >= 4 is 35.5 Å². The van der Waals surface area contributed by atoms with Crippen molar-refractivity contribution in [2.75, 3.05) is 6.79 Å². The van der Waals surface area contributed by atoms with E-state index in [9.17, 15) is 24.0 Å². The lowest BCUT2D eigenvalue weighted by atomic mass is 9.85. The molecule has 204 valence electrons. The average molecular weight is 534 g/mol. The molecular weight excluding hydrogens is 502 g/mol. The summed E-state index contributed by atoms with van der Waals surface area (Å²) in [5, 5.41) is 7.76. The zero-order valence-corrected chi connectivity index (χ0v) is 21.9. The molecule has 4 amide bonds. The molecule has 2 aliphatic rings. The lowest BCUT2D eigenvalue weighted by Gasteiger charge is -2.25. The fourth-order valence-electron chi connectivity index (χ4n) is 4.59. The van der Waals surface area contributed by atoms with Crippen molar-refractivity contribution < 1.29 is 33.4 Å². The van der Waals surface area contributed by atoms with Crippen molar-refractivity contribution in [3.8, 4) is 11.5 Å². The minimum Gasteiger partial charge on any atom is -0.454 e. The van der Waals surface area contributed by atoms with Gasteiger partial charge in [0.25, 0.3) is 0 Å². The van der Waals surface area contributed by atoms with E-state index in [0.717, 1.165) is 5.56 Å². The number of ketones is 1. The maximum Gasteiger partial charge on any atom is 0.244 e. The van der Waals surface area contributed by atoms with Crippen LogP contribution in [-0.4, -0.2) is 42.2 Å². The number of imide groups is 1. The maximum atomic E-state index is 13.2. The summed E-state index contributed by atoms with van der Waals surface area (Å²) in [4.78, 5) is 63.2.